The van der Waals surface area contributed by atoms with Crippen molar-refractivity contribution in [1.82, 2.24) is 0 Å². The number of fused-ring (bicyclic) bond motifs is 2. The highest BCUT2D eigenvalue weighted by Crippen LogP contribution is 2.57. The molecule has 2 aromatic carbocycles. The van der Waals surface area contributed by atoms with E-state index < -0.39 is 10.0 Å². The Bertz CT molecular complexity index is 1060. The van der Waals surface area contributed by atoms with Crippen molar-refractivity contribution in [1.29, 1.82) is 0 Å². The topological polar surface area (TPSA) is 57.7 Å². The Morgan fingerprint density at radius 3 is 2.52 bits per heavy atom. The lowest BCUT2D eigenvalue weighted by atomic mass is 9.99. The molecule has 140 valence electrons. The molecule has 2 fully saturated rings. The standard InChI is InChI=1S/C21H22N2O3S/c1-15-13-16(22-12-4-7-20(22)24)8-9-19(15)27(25,26)23-14-21(10-11-21)17-5-2-3-6-18(17)23/h2-3,5-6,8-9,13H,4,7,10-12,14H2,1H3. The minimum atomic E-state index is -3.64. The van der Waals surface area contributed by atoms with E-state index in [4.69, 9.17) is 0 Å². The summed E-state index contributed by atoms with van der Waals surface area (Å²) in [6.45, 7) is 3.04. The zero-order chi connectivity index (χ0) is 18.8. The fourth-order valence-electron chi connectivity index (χ4n) is 4.51. The summed E-state index contributed by atoms with van der Waals surface area (Å²) in [6.07, 6.45) is 3.51. The van der Waals surface area contributed by atoms with Crippen LogP contribution in [-0.4, -0.2) is 27.4 Å². The fourth-order valence-corrected chi connectivity index (χ4v) is 6.29. The van der Waals surface area contributed by atoms with Gasteiger partial charge in [0.1, 0.15) is 0 Å². The number of carbonyl (C=O) groups is 1. The number of para-hydroxylation sites is 1. The molecule has 2 aromatic rings. The molecule has 0 radical (unpaired) electrons. The van der Waals surface area contributed by atoms with Gasteiger partial charge in [-0.25, -0.2) is 8.42 Å². The number of hydrogen-bond donors (Lipinski definition) is 0. The number of amides is 1. The summed E-state index contributed by atoms with van der Waals surface area (Å²) in [6, 6.07) is 13.1. The lowest BCUT2D eigenvalue weighted by Crippen LogP contribution is -2.32. The summed E-state index contributed by atoms with van der Waals surface area (Å²) >= 11 is 0. The van der Waals surface area contributed by atoms with Crippen LogP contribution in [0.3, 0.4) is 0 Å². The van der Waals surface area contributed by atoms with Gasteiger partial charge < -0.3 is 4.90 Å². The van der Waals surface area contributed by atoms with Crippen LogP contribution in [0.2, 0.25) is 0 Å². The molecule has 1 aliphatic carbocycles. The van der Waals surface area contributed by atoms with E-state index in [1.165, 1.54) is 0 Å². The average Bonchev–Trinajstić information content (AvgIpc) is 3.18. The number of hydrogen-bond acceptors (Lipinski definition) is 3. The van der Waals surface area contributed by atoms with Crippen molar-refractivity contribution in [3.63, 3.8) is 0 Å². The Hall–Kier alpha value is -2.34. The molecule has 6 heteroatoms. The maximum atomic E-state index is 13.5. The maximum Gasteiger partial charge on any atom is 0.264 e. The SMILES string of the molecule is Cc1cc(N2CCCC2=O)ccc1S(=O)(=O)N1CC2(CC2)c2ccccc21. The Labute approximate surface area is 159 Å². The smallest absolute Gasteiger partial charge is 0.264 e. The van der Waals surface area contributed by atoms with Crippen LogP contribution in [-0.2, 0) is 20.2 Å². The molecule has 1 amide bonds. The Kier molecular flexibility index (Phi) is 3.47. The van der Waals surface area contributed by atoms with Gasteiger partial charge in [-0.15, -0.1) is 0 Å². The van der Waals surface area contributed by atoms with Gasteiger partial charge in [0.15, 0.2) is 0 Å². The molecular weight excluding hydrogens is 360 g/mol. The zero-order valence-corrected chi connectivity index (χ0v) is 16.1. The van der Waals surface area contributed by atoms with E-state index in [9.17, 15) is 13.2 Å². The summed E-state index contributed by atoms with van der Waals surface area (Å²) in [5, 5.41) is 0. The third kappa shape index (κ3) is 2.42. The number of benzene rings is 2. The predicted molar refractivity (Wildman–Crippen MR) is 105 cm³/mol. The molecule has 2 aliphatic heterocycles. The van der Waals surface area contributed by atoms with Crippen LogP contribution in [0.15, 0.2) is 47.4 Å². The molecular formula is C21H22N2O3S. The summed E-state index contributed by atoms with van der Waals surface area (Å²) < 4.78 is 28.5. The molecule has 0 atom stereocenters. The van der Waals surface area contributed by atoms with Crippen LogP contribution in [0.4, 0.5) is 11.4 Å². The van der Waals surface area contributed by atoms with Gasteiger partial charge in [-0.3, -0.25) is 9.10 Å². The molecule has 0 aromatic heterocycles. The largest absolute Gasteiger partial charge is 0.312 e. The lowest BCUT2D eigenvalue weighted by molar-refractivity contribution is -0.117. The van der Waals surface area contributed by atoms with E-state index in [1.54, 1.807) is 21.3 Å². The molecule has 0 N–H and O–H groups in total. The fraction of sp³-hybridized carbons (Fsp3) is 0.381. The maximum absolute atomic E-state index is 13.5. The Morgan fingerprint density at radius 1 is 1.07 bits per heavy atom. The van der Waals surface area contributed by atoms with Crippen molar-refractivity contribution in [2.45, 2.75) is 42.9 Å². The number of anilines is 2. The van der Waals surface area contributed by atoms with Crippen LogP contribution in [0.1, 0.15) is 36.8 Å². The van der Waals surface area contributed by atoms with Crippen molar-refractivity contribution < 1.29 is 13.2 Å². The molecule has 0 unspecified atom stereocenters. The van der Waals surface area contributed by atoms with Gasteiger partial charge >= 0.3 is 0 Å². The third-order valence-electron chi connectivity index (χ3n) is 6.16. The summed E-state index contributed by atoms with van der Waals surface area (Å²) in [5.74, 6) is 0.106. The second-order valence-corrected chi connectivity index (χ2v) is 9.74. The number of carbonyl (C=O) groups excluding carboxylic acids is 1. The first-order valence-electron chi connectivity index (χ1n) is 9.46. The van der Waals surface area contributed by atoms with E-state index in [0.29, 0.717) is 30.0 Å². The van der Waals surface area contributed by atoms with E-state index in [1.807, 2.05) is 31.2 Å². The zero-order valence-electron chi connectivity index (χ0n) is 15.3. The molecule has 5 rings (SSSR count). The Morgan fingerprint density at radius 2 is 1.85 bits per heavy atom. The first-order valence-corrected chi connectivity index (χ1v) is 10.9. The molecule has 2 heterocycles. The van der Waals surface area contributed by atoms with Gasteiger partial charge in [-0.05, 0) is 61.6 Å². The lowest BCUT2D eigenvalue weighted by Gasteiger charge is -2.23. The minimum absolute atomic E-state index is 0.0134. The van der Waals surface area contributed by atoms with Crippen molar-refractivity contribution in [3.8, 4) is 0 Å². The third-order valence-corrected chi connectivity index (χ3v) is 8.08. The van der Waals surface area contributed by atoms with Crippen LogP contribution >= 0.6 is 0 Å². The van der Waals surface area contributed by atoms with Gasteiger partial charge in [0.2, 0.25) is 5.91 Å². The van der Waals surface area contributed by atoms with Gasteiger partial charge in [0.05, 0.1) is 10.6 Å². The highest BCUT2D eigenvalue weighted by atomic mass is 32.2. The van der Waals surface area contributed by atoms with Gasteiger partial charge in [0.25, 0.3) is 10.0 Å². The van der Waals surface area contributed by atoms with Crippen molar-refractivity contribution in [3.05, 3.63) is 53.6 Å². The first-order chi connectivity index (χ1) is 12.9. The second kappa shape index (κ2) is 5.58. The number of sulfonamides is 1. The van der Waals surface area contributed by atoms with E-state index >= 15 is 0 Å². The average molecular weight is 382 g/mol. The van der Waals surface area contributed by atoms with Crippen molar-refractivity contribution in [2.75, 3.05) is 22.3 Å². The van der Waals surface area contributed by atoms with Crippen molar-refractivity contribution >= 4 is 27.3 Å². The molecule has 0 bridgehead atoms. The highest BCUT2D eigenvalue weighted by molar-refractivity contribution is 7.93. The number of aryl methyl sites for hydroxylation is 1. The highest BCUT2D eigenvalue weighted by Gasteiger charge is 2.54. The molecule has 5 nitrogen and oxygen atoms in total. The number of nitrogens with zero attached hydrogens (tertiary/aromatic N) is 2. The minimum Gasteiger partial charge on any atom is -0.312 e. The summed E-state index contributed by atoms with van der Waals surface area (Å²) in [7, 11) is -3.64. The van der Waals surface area contributed by atoms with Gasteiger partial charge in [-0.1, -0.05) is 18.2 Å². The van der Waals surface area contributed by atoms with Gasteiger partial charge in [-0.2, -0.15) is 0 Å². The summed E-state index contributed by atoms with van der Waals surface area (Å²) in [4.78, 5) is 14.1. The number of rotatable bonds is 3. The Balaban J connectivity index is 1.54. The van der Waals surface area contributed by atoms with Crippen molar-refractivity contribution in [2.24, 2.45) is 0 Å². The van der Waals surface area contributed by atoms with E-state index in [0.717, 1.165) is 36.2 Å². The second-order valence-electron chi connectivity index (χ2n) is 7.91. The molecule has 1 saturated heterocycles. The quantitative estimate of drug-likeness (QED) is 0.818. The van der Waals surface area contributed by atoms with E-state index in [2.05, 4.69) is 6.07 Å². The van der Waals surface area contributed by atoms with Crippen LogP contribution in [0.25, 0.3) is 0 Å². The molecule has 1 spiro atoms. The molecule has 1 saturated carbocycles. The summed E-state index contributed by atoms with van der Waals surface area (Å²) in [5.41, 5.74) is 3.45. The first kappa shape index (κ1) is 16.8. The molecule has 27 heavy (non-hydrogen) atoms. The normalized spacial score (nSPS) is 20.4. The molecule has 3 aliphatic rings. The van der Waals surface area contributed by atoms with Crippen LogP contribution in [0, 0.1) is 6.92 Å². The predicted octanol–water partition coefficient (Wildman–Crippen LogP) is 3.36. The van der Waals surface area contributed by atoms with Crippen LogP contribution in [0.5, 0.6) is 0 Å². The van der Waals surface area contributed by atoms with Gasteiger partial charge in [0, 0.05) is 30.6 Å². The van der Waals surface area contributed by atoms with E-state index in [-0.39, 0.29) is 11.3 Å². The monoisotopic (exact) mass is 382 g/mol. The van der Waals surface area contributed by atoms with Crippen LogP contribution < -0.4 is 9.21 Å².